The maximum Gasteiger partial charge on any atom is 0.295 e. The Balaban J connectivity index is 1.95. The van der Waals surface area contributed by atoms with Gasteiger partial charge in [-0.05, 0) is 40.6 Å². The van der Waals surface area contributed by atoms with E-state index >= 15 is 0 Å². The number of aliphatic hydroxyl groups excluding tert-OH is 1. The lowest BCUT2D eigenvalue weighted by Crippen LogP contribution is -2.29. The molecule has 2 heterocycles. The number of aliphatic hydroxyl groups is 1. The third-order valence-electron chi connectivity index (χ3n) is 5.97. The second kappa shape index (κ2) is 9.06. The van der Waals surface area contributed by atoms with Crippen molar-refractivity contribution < 1.29 is 23.8 Å². The second-order valence-electron chi connectivity index (χ2n) is 9.19. The first-order chi connectivity index (χ1) is 16.1. The van der Waals surface area contributed by atoms with Gasteiger partial charge in [-0.3, -0.25) is 9.59 Å². The maximum absolute atomic E-state index is 15.0. The van der Waals surface area contributed by atoms with Crippen LogP contribution in [0.25, 0.3) is 5.76 Å². The molecule has 0 spiro atoms. The van der Waals surface area contributed by atoms with Gasteiger partial charge in [0.1, 0.15) is 17.3 Å². The molecule has 0 radical (unpaired) electrons. The van der Waals surface area contributed by atoms with Crippen LogP contribution in [-0.2, 0) is 21.5 Å². The predicted octanol–water partition coefficient (Wildman–Crippen LogP) is 5.82. The van der Waals surface area contributed by atoms with E-state index in [2.05, 4.69) is 0 Å². The molecule has 1 fully saturated rings. The van der Waals surface area contributed by atoms with Gasteiger partial charge in [-0.2, -0.15) is 0 Å². The molecule has 1 amide bonds. The van der Waals surface area contributed by atoms with Crippen LogP contribution in [0.2, 0.25) is 0 Å². The van der Waals surface area contributed by atoms with E-state index in [1.54, 1.807) is 24.3 Å². The molecule has 7 heteroatoms. The Kier molecular flexibility index (Phi) is 6.32. The first-order valence-electron chi connectivity index (χ1n) is 10.9. The molecule has 4 rings (SSSR count). The molecule has 2 aromatic carbocycles. The van der Waals surface area contributed by atoms with Crippen LogP contribution in [-0.4, -0.2) is 28.8 Å². The summed E-state index contributed by atoms with van der Waals surface area (Å²) >= 11 is 1.43. The average molecular weight is 480 g/mol. The fraction of sp³-hybridized carbons (Fsp3) is 0.259. The Morgan fingerprint density at radius 1 is 1.12 bits per heavy atom. The van der Waals surface area contributed by atoms with Crippen LogP contribution in [0, 0.1) is 5.82 Å². The van der Waals surface area contributed by atoms with Gasteiger partial charge in [0.2, 0.25) is 0 Å². The lowest BCUT2D eigenvalue weighted by atomic mass is 9.85. The van der Waals surface area contributed by atoms with Gasteiger partial charge in [0.05, 0.1) is 30.8 Å². The molecule has 34 heavy (non-hydrogen) atoms. The topological polar surface area (TPSA) is 66.8 Å². The fourth-order valence-corrected chi connectivity index (χ4v) is 4.84. The van der Waals surface area contributed by atoms with E-state index in [4.69, 9.17) is 4.74 Å². The number of benzene rings is 2. The third kappa shape index (κ3) is 4.23. The third-order valence-corrected chi connectivity index (χ3v) is 6.83. The molecule has 1 aromatic heterocycles. The van der Waals surface area contributed by atoms with Gasteiger partial charge in [-0.15, -0.1) is 11.3 Å². The Labute approximate surface area is 202 Å². The van der Waals surface area contributed by atoms with E-state index in [1.807, 2.05) is 44.4 Å². The standard InChI is InChI=1S/C27H26FNO4S/c1-27(2,3)16-11-12-21(33-4)19(14-16)24(30)22-23(18-9-5-6-10-20(18)28)29(26(32)25(22)31)15-17-8-7-13-34-17/h5-14,23,30H,15H2,1-4H3/b24-22+. The Hall–Kier alpha value is -3.45. The van der Waals surface area contributed by atoms with Crippen molar-refractivity contribution in [2.45, 2.75) is 38.8 Å². The van der Waals surface area contributed by atoms with Crippen molar-refractivity contribution >= 4 is 28.8 Å². The smallest absolute Gasteiger partial charge is 0.295 e. The van der Waals surface area contributed by atoms with Crippen molar-refractivity contribution in [1.29, 1.82) is 0 Å². The molecule has 1 aliphatic rings. The fourth-order valence-electron chi connectivity index (χ4n) is 4.14. The molecule has 5 nitrogen and oxygen atoms in total. The molecule has 3 aromatic rings. The molecule has 1 atom stereocenters. The van der Waals surface area contributed by atoms with Crippen LogP contribution in [0.3, 0.4) is 0 Å². The van der Waals surface area contributed by atoms with E-state index in [1.165, 1.54) is 35.5 Å². The molecule has 1 N–H and O–H groups in total. The summed E-state index contributed by atoms with van der Waals surface area (Å²) in [6.07, 6.45) is 0. The number of nitrogens with zero attached hydrogens (tertiary/aromatic N) is 1. The number of amides is 1. The Morgan fingerprint density at radius 2 is 1.85 bits per heavy atom. The van der Waals surface area contributed by atoms with Gasteiger partial charge >= 0.3 is 0 Å². The highest BCUT2D eigenvalue weighted by Crippen LogP contribution is 2.43. The lowest BCUT2D eigenvalue weighted by Gasteiger charge is -2.25. The highest BCUT2D eigenvalue weighted by molar-refractivity contribution is 7.09. The van der Waals surface area contributed by atoms with Crippen LogP contribution < -0.4 is 4.74 Å². The molecular formula is C27H26FNO4S. The lowest BCUT2D eigenvalue weighted by molar-refractivity contribution is -0.140. The van der Waals surface area contributed by atoms with Gasteiger partial charge in [0, 0.05) is 10.4 Å². The van der Waals surface area contributed by atoms with E-state index in [0.29, 0.717) is 5.75 Å². The predicted molar refractivity (Wildman–Crippen MR) is 130 cm³/mol. The van der Waals surface area contributed by atoms with Gasteiger partial charge < -0.3 is 14.7 Å². The van der Waals surface area contributed by atoms with Crippen LogP contribution in [0.15, 0.2) is 65.6 Å². The molecule has 176 valence electrons. The average Bonchev–Trinajstić information content (AvgIpc) is 3.40. The summed E-state index contributed by atoms with van der Waals surface area (Å²) in [5.41, 5.74) is 0.940. The van der Waals surface area contributed by atoms with Crippen molar-refractivity contribution in [3.05, 3.63) is 92.9 Å². The van der Waals surface area contributed by atoms with E-state index in [0.717, 1.165) is 10.4 Å². The zero-order valence-electron chi connectivity index (χ0n) is 19.5. The number of methoxy groups -OCH3 is 1. The molecule has 1 unspecified atom stereocenters. The normalized spacial score (nSPS) is 17.9. The summed E-state index contributed by atoms with van der Waals surface area (Å²) in [7, 11) is 1.46. The monoisotopic (exact) mass is 479 g/mol. The van der Waals surface area contributed by atoms with Crippen LogP contribution in [0.1, 0.15) is 48.4 Å². The van der Waals surface area contributed by atoms with Crippen molar-refractivity contribution in [1.82, 2.24) is 4.90 Å². The van der Waals surface area contributed by atoms with Crippen molar-refractivity contribution in [2.24, 2.45) is 0 Å². The minimum absolute atomic E-state index is 0.122. The van der Waals surface area contributed by atoms with Gasteiger partial charge in [-0.1, -0.05) is 51.1 Å². The van der Waals surface area contributed by atoms with Crippen molar-refractivity contribution in [3.8, 4) is 5.75 Å². The molecular weight excluding hydrogens is 453 g/mol. The largest absolute Gasteiger partial charge is 0.507 e. The summed E-state index contributed by atoms with van der Waals surface area (Å²) in [6, 6.07) is 14.0. The number of carbonyl (C=O) groups is 2. The first-order valence-corrected chi connectivity index (χ1v) is 11.8. The number of ether oxygens (including phenoxy) is 1. The van der Waals surface area contributed by atoms with Crippen molar-refractivity contribution in [2.75, 3.05) is 7.11 Å². The second-order valence-corrected chi connectivity index (χ2v) is 10.2. The quantitative estimate of drug-likeness (QED) is 0.285. The highest BCUT2D eigenvalue weighted by Gasteiger charge is 2.47. The van der Waals surface area contributed by atoms with Crippen LogP contribution in [0.5, 0.6) is 5.75 Å². The number of hydrogen-bond donors (Lipinski definition) is 1. The summed E-state index contributed by atoms with van der Waals surface area (Å²) < 4.78 is 20.4. The zero-order chi connectivity index (χ0) is 24.6. The van der Waals surface area contributed by atoms with E-state index in [-0.39, 0.29) is 34.4 Å². The van der Waals surface area contributed by atoms with Crippen LogP contribution in [0.4, 0.5) is 4.39 Å². The number of halogens is 1. The van der Waals surface area contributed by atoms with E-state index in [9.17, 15) is 19.1 Å². The molecule has 1 aliphatic heterocycles. The summed E-state index contributed by atoms with van der Waals surface area (Å²) in [5.74, 6) is -2.24. The number of ketones is 1. The Bertz CT molecular complexity index is 1270. The maximum atomic E-state index is 15.0. The number of hydrogen-bond acceptors (Lipinski definition) is 5. The van der Waals surface area contributed by atoms with Gasteiger partial charge in [0.15, 0.2) is 0 Å². The van der Waals surface area contributed by atoms with Crippen LogP contribution >= 0.6 is 11.3 Å². The number of Topliss-reactive ketones (excluding diaryl/α,β-unsaturated/α-hetero) is 1. The molecule has 0 bridgehead atoms. The highest BCUT2D eigenvalue weighted by atomic mass is 32.1. The SMILES string of the molecule is COc1ccc(C(C)(C)C)cc1/C(O)=C1\C(=O)C(=O)N(Cc2cccs2)C1c1ccccc1F. The number of carbonyl (C=O) groups excluding carboxylic acids is 2. The van der Waals surface area contributed by atoms with Gasteiger partial charge in [0.25, 0.3) is 11.7 Å². The summed E-state index contributed by atoms with van der Waals surface area (Å²) in [5, 5.41) is 13.3. The number of thiophene rings is 1. The Morgan fingerprint density at radius 3 is 2.47 bits per heavy atom. The van der Waals surface area contributed by atoms with Crippen molar-refractivity contribution in [3.63, 3.8) is 0 Å². The zero-order valence-corrected chi connectivity index (χ0v) is 20.3. The summed E-state index contributed by atoms with van der Waals surface area (Å²) in [4.78, 5) is 28.6. The molecule has 0 saturated carbocycles. The molecule has 0 aliphatic carbocycles. The van der Waals surface area contributed by atoms with Gasteiger partial charge in [-0.25, -0.2) is 4.39 Å². The minimum atomic E-state index is -1.08. The number of likely N-dealkylation sites (tertiary alicyclic amines) is 1. The summed E-state index contributed by atoms with van der Waals surface area (Å²) in [6.45, 7) is 6.20. The van der Waals surface area contributed by atoms with E-state index < -0.39 is 23.5 Å². The molecule has 1 saturated heterocycles. The number of rotatable bonds is 5. The minimum Gasteiger partial charge on any atom is -0.507 e. The first kappa shape index (κ1) is 23.7.